The first-order valence-corrected chi connectivity index (χ1v) is 20.5. The van der Waals surface area contributed by atoms with Crippen LogP contribution in [0.1, 0.15) is 98.5 Å². The zero-order valence-electron chi connectivity index (χ0n) is 34.8. The highest BCUT2D eigenvalue weighted by Crippen LogP contribution is 2.40. The molecule has 0 atom stereocenters. The summed E-state index contributed by atoms with van der Waals surface area (Å²) >= 11 is 0. The number of ether oxygens (including phenoxy) is 8. The number of fused-ring (bicyclic) bond motifs is 8. The van der Waals surface area contributed by atoms with E-state index >= 15 is 0 Å². The van der Waals surface area contributed by atoms with Crippen LogP contribution in [0, 0.1) is 0 Å². The second kappa shape index (κ2) is 23.6. The average molecular weight is 815 g/mol. The van der Waals surface area contributed by atoms with E-state index in [2.05, 4.69) is 0 Å². The number of benzene rings is 4. The van der Waals surface area contributed by atoms with Crippen molar-refractivity contribution in [2.75, 3.05) is 79.3 Å². The molecule has 5 rings (SSSR count). The van der Waals surface area contributed by atoms with Gasteiger partial charge in [0.25, 0.3) is 0 Å². The fraction of sp³-hybridized carbons (Fsp3) is 0.447. The van der Waals surface area contributed by atoms with E-state index in [0.717, 1.165) is 28.5 Å². The zero-order chi connectivity index (χ0) is 42.0. The lowest BCUT2D eigenvalue weighted by Crippen LogP contribution is -2.15. The van der Waals surface area contributed by atoms with E-state index in [-0.39, 0.29) is 57.9 Å². The van der Waals surface area contributed by atoms with Crippen molar-refractivity contribution >= 4 is 12.3 Å². The summed E-state index contributed by atoms with van der Waals surface area (Å²) in [4.78, 5) is 25.4. The molecule has 0 spiro atoms. The number of carbonyl (C=O) groups is 2. The molecule has 0 heterocycles. The molecule has 2 N–H and O–H groups in total. The molecule has 318 valence electrons. The maximum atomic E-state index is 12.8. The Morgan fingerprint density at radius 1 is 0.525 bits per heavy atom. The highest BCUT2D eigenvalue weighted by molar-refractivity contribution is 5.88. The number of hydrogen-bond donors (Lipinski definition) is 2. The third-order valence-electron chi connectivity index (χ3n) is 9.79. The van der Waals surface area contributed by atoms with Gasteiger partial charge >= 0.3 is 5.97 Å². The summed E-state index contributed by atoms with van der Waals surface area (Å²) in [7, 11) is 0. The van der Waals surface area contributed by atoms with Crippen LogP contribution in [0.4, 0.5) is 0 Å². The average Bonchev–Trinajstić information content (AvgIpc) is 3.23. The molecule has 59 heavy (non-hydrogen) atoms. The van der Waals surface area contributed by atoms with E-state index in [1.807, 2.05) is 58.0 Å². The molecule has 0 aliphatic heterocycles. The van der Waals surface area contributed by atoms with Crippen molar-refractivity contribution in [3.05, 3.63) is 116 Å². The van der Waals surface area contributed by atoms with Gasteiger partial charge in [-0.3, -0.25) is 4.79 Å². The highest BCUT2D eigenvalue weighted by atomic mass is 16.5. The number of carboxylic acid groups (broad SMARTS) is 1. The molecule has 0 fully saturated rings. The number of rotatable bonds is 23. The SMILES string of the molecule is CCOCCOc1c2cccc1Cc1cc(C(=O)O)cc(c1OCCOCC)Cc1cc(C=O)cc(c1OCCOCC)Cc1cc(CO)cc(c1OCCOCC)C2. The molecule has 0 amide bonds. The van der Waals surface area contributed by atoms with Crippen LogP contribution in [0.2, 0.25) is 0 Å². The van der Waals surface area contributed by atoms with Crippen molar-refractivity contribution in [3.8, 4) is 23.0 Å². The number of aldehydes is 1. The normalized spacial score (nSPS) is 12.2. The van der Waals surface area contributed by atoms with E-state index < -0.39 is 5.97 Å². The number of aliphatic hydroxyl groups excluding tert-OH is 1. The minimum Gasteiger partial charge on any atom is -0.491 e. The van der Waals surface area contributed by atoms with Crippen LogP contribution in [-0.4, -0.2) is 102 Å². The summed E-state index contributed by atoms with van der Waals surface area (Å²) < 4.78 is 48.8. The molecule has 0 radical (unpaired) electrons. The molecule has 0 aromatic heterocycles. The van der Waals surface area contributed by atoms with Crippen LogP contribution in [0.5, 0.6) is 23.0 Å². The summed E-state index contributed by atoms with van der Waals surface area (Å²) in [5.74, 6) is 1.25. The van der Waals surface area contributed by atoms with Crippen LogP contribution < -0.4 is 18.9 Å². The zero-order valence-corrected chi connectivity index (χ0v) is 34.8. The van der Waals surface area contributed by atoms with Gasteiger partial charge in [0.2, 0.25) is 0 Å². The van der Waals surface area contributed by atoms with E-state index in [1.54, 1.807) is 24.3 Å². The number of para-hydroxylation sites is 1. The standard InChI is InChI=1S/C47H58O12/c1-5-52-12-16-56-43-34-10-9-11-35(43)25-40-28-42(47(50)51)29-41(46(40)59-19-15-55-8-4)27-39-23-33(31-49)22-38(45(39)58-18-14-54-7-3)26-37-21-32(30-48)20-36(24-34)44(37)57-17-13-53-6-2/h9-11,20-23,28-29,31,48H,5-8,12-19,24-27,30H2,1-4H3,(H,50,51). The molecule has 4 aromatic rings. The fourth-order valence-electron chi connectivity index (χ4n) is 7.30. The molecule has 1 aliphatic rings. The number of carboxylic acids is 1. The molecule has 0 unspecified atom stereocenters. The first-order valence-electron chi connectivity index (χ1n) is 20.5. The van der Waals surface area contributed by atoms with E-state index in [4.69, 9.17) is 37.9 Å². The molecule has 0 saturated heterocycles. The minimum atomic E-state index is -1.09. The Bertz CT molecular complexity index is 1990. The molecular weight excluding hydrogens is 757 g/mol. The predicted molar refractivity (Wildman–Crippen MR) is 223 cm³/mol. The Morgan fingerprint density at radius 2 is 0.864 bits per heavy atom. The van der Waals surface area contributed by atoms with Gasteiger partial charge < -0.3 is 48.1 Å². The Labute approximate surface area is 347 Å². The fourth-order valence-corrected chi connectivity index (χ4v) is 7.30. The maximum absolute atomic E-state index is 12.8. The van der Waals surface area contributed by atoms with Gasteiger partial charge in [0.15, 0.2) is 0 Å². The molecule has 4 aromatic carbocycles. The van der Waals surface area contributed by atoms with Crippen molar-refractivity contribution < 1.29 is 57.7 Å². The predicted octanol–water partition coefficient (Wildman–Crippen LogP) is 7.03. The van der Waals surface area contributed by atoms with Crippen molar-refractivity contribution in [2.45, 2.75) is 60.0 Å². The second-order valence-electron chi connectivity index (χ2n) is 13.9. The van der Waals surface area contributed by atoms with Crippen molar-refractivity contribution in [1.29, 1.82) is 0 Å². The summed E-state index contributed by atoms with van der Waals surface area (Å²) in [5.41, 5.74) is 7.10. The third-order valence-corrected chi connectivity index (χ3v) is 9.79. The van der Waals surface area contributed by atoms with Gasteiger partial charge in [-0.1, -0.05) is 18.2 Å². The second-order valence-corrected chi connectivity index (χ2v) is 13.9. The maximum Gasteiger partial charge on any atom is 0.335 e. The highest BCUT2D eigenvalue weighted by Gasteiger charge is 2.25. The van der Waals surface area contributed by atoms with E-state index in [0.29, 0.717) is 116 Å². The first kappa shape index (κ1) is 45.1. The van der Waals surface area contributed by atoms with Crippen LogP contribution >= 0.6 is 0 Å². The molecular formula is C47H58O12. The van der Waals surface area contributed by atoms with Gasteiger partial charge in [0.1, 0.15) is 55.7 Å². The Hall–Kier alpha value is -4.98. The topological polar surface area (TPSA) is 148 Å². The Morgan fingerprint density at radius 3 is 1.20 bits per heavy atom. The molecule has 8 bridgehead atoms. The van der Waals surface area contributed by atoms with Crippen molar-refractivity contribution in [3.63, 3.8) is 0 Å². The number of hydrogen-bond acceptors (Lipinski definition) is 11. The summed E-state index contributed by atoms with van der Waals surface area (Å²) in [6, 6.07) is 16.6. The van der Waals surface area contributed by atoms with Gasteiger partial charge in [-0.05, 0) is 114 Å². The molecule has 12 nitrogen and oxygen atoms in total. The Balaban J connectivity index is 1.82. The van der Waals surface area contributed by atoms with E-state index in [9.17, 15) is 19.8 Å². The van der Waals surface area contributed by atoms with Crippen LogP contribution in [0.3, 0.4) is 0 Å². The Kier molecular flexibility index (Phi) is 18.0. The number of aromatic carboxylic acids is 1. The first-order chi connectivity index (χ1) is 28.8. The van der Waals surface area contributed by atoms with Crippen LogP contribution in [0.25, 0.3) is 0 Å². The minimum absolute atomic E-state index is 0.0918. The van der Waals surface area contributed by atoms with Gasteiger partial charge in [-0.25, -0.2) is 4.79 Å². The summed E-state index contributed by atoms with van der Waals surface area (Å²) in [6.07, 6.45) is 1.89. The summed E-state index contributed by atoms with van der Waals surface area (Å²) in [6.45, 7) is 12.0. The van der Waals surface area contributed by atoms with E-state index in [1.165, 1.54) is 0 Å². The molecule has 0 saturated carbocycles. The number of aliphatic hydroxyl groups is 1. The molecule has 1 aliphatic carbocycles. The van der Waals surface area contributed by atoms with Gasteiger partial charge in [-0.2, -0.15) is 0 Å². The number of carbonyl (C=O) groups excluding carboxylic acids is 1. The summed E-state index contributed by atoms with van der Waals surface area (Å²) in [5, 5.41) is 21.0. The molecule has 12 heteroatoms. The van der Waals surface area contributed by atoms with Gasteiger partial charge in [0, 0.05) is 57.7 Å². The van der Waals surface area contributed by atoms with Crippen molar-refractivity contribution in [1.82, 2.24) is 0 Å². The van der Waals surface area contributed by atoms with Crippen molar-refractivity contribution in [2.24, 2.45) is 0 Å². The third kappa shape index (κ3) is 12.5. The van der Waals surface area contributed by atoms with Gasteiger partial charge in [0.05, 0.1) is 38.6 Å². The van der Waals surface area contributed by atoms with Crippen LogP contribution in [-0.2, 0) is 51.2 Å². The quantitative estimate of drug-likeness (QED) is 0.0516. The van der Waals surface area contributed by atoms with Gasteiger partial charge in [-0.15, -0.1) is 0 Å². The monoisotopic (exact) mass is 814 g/mol. The lowest BCUT2D eigenvalue weighted by atomic mass is 9.89. The smallest absolute Gasteiger partial charge is 0.335 e. The largest absolute Gasteiger partial charge is 0.491 e. The van der Waals surface area contributed by atoms with Crippen LogP contribution in [0.15, 0.2) is 54.6 Å². The lowest BCUT2D eigenvalue weighted by Gasteiger charge is -2.24. The lowest BCUT2D eigenvalue weighted by molar-refractivity contribution is 0.0696.